The number of carboxylic acid groups (broad SMARTS) is 3. The van der Waals surface area contributed by atoms with Crippen molar-refractivity contribution in [3.8, 4) is 0 Å². The number of benzene rings is 2. The van der Waals surface area contributed by atoms with Crippen LogP contribution in [0.5, 0.6) is 0 Å². The molecule has 0 spiro atoms. The molecule has 11 nitrogen and oxygen atoms in total. The van der Waals surface area contributed by atoms with Crippen LogP contribution in [0.15, 0.2) is 52.2 Å². The second-order valence-electron chi connectivity index (χ2n) is 18.3. The number of carbonyl (C=O) groups excluding carboxylic acids is 1. The number of fused-ring (bicyclic) bond motifs is 3. The fraction of sp³-hybridized carbons (Fsp3) is 0.488. The highest BCUT2D eigenvalue weighted by Gasteiger charge is 2.43. The van der Waals surface area contributed by atoms with Crippen molar-refractivity contribution in [2.24, 2.45) is 16.2 Å². The number of thioether (sulfide) groups is 2. The van der Waals surface area contributed by atoms with Crippen LogP contribution in [-0.2, 0) is 25.7 Å². The summed E-state index contributed by atoms with van der Waals surface area (Å²) in [6.45, 7) is 14.3. The van der Waals surface area contributed by atoms with Crippen LogP contribution >= 0.6 is 47.1 Å². The van der Waals surface area contributed by atoms with Gasteiger partial charge in [-0.1, -0.05) is 64.2 Å². The maximum Gasteiger partial charge on any atom is 0.323 e. The predicted octanol–water partition coefficient (Wildman–Crippen LogP) is 7.48. The quantitative estimate of drug-likeness (QED) is 0.109. The van der Waals surface area contributed by atoms with Gasteiger partial charge in [0, 0.05) is 39.5 Å². The molecular formula is C43H51N3O8S4. The minimum Gasteiger partial charge on any atom is -0.481 e. The number of thiazole rings is 1. The van der Waals surface area contributed by atoms with Crippen molar-refractivity contribution in [3.05, 3.63) is 73.1 Å². The van der Waals surface area contributed by atoms with E-state index >= 15 is 0 Å². The van der Waals surface area contributed by atoms with Crippen LogP contribution in [0.4, 0.5) is 11.4 Å². The lowest BCUT2D eigenvalue weighted by Crippen LogP contribution is -2.41. The average Bonchev–Trinajstić information content (AvgIpc) is 3.84. The average molecular weight is 866 g/mol. The monoisotopic (exact) mass is 865 g/mol. The van der Waals surface area contributed by atoms with Gasteiger partial charge in [-0.15, -0.1) is 23.1 Å². The van der Waals surface area contributed by atoms with E-state index in [9.17, 15) is 39.3 Å². The largest absolute Gasteiger partial charge is 0.481 e. The number of anilines is 2. The summed E-state index contributed by atoms with van der Waals surface area (Å²) in [7, 11) is 0. The first kappa shape index (κ1) is 43.7. The first-order chi connectivity index (χ1) is 26.9. The molecule has 1 saturated heterocycles. The van der Waals surface area contributed by atoms with Gasteiger partial charge in [-0.05, 0) is 112 Å². The number of amides is 1. The molecule has 3 heterocycles. The van der Waals surface area contributed by atoms with Gasteiger partial charge in [0.1, 0.15) is 20.4 Å². The summed E-state index contributed by atoms with van der Waals surface area (Å²) in [5.41, 5.74) is 1.19. The molecular weight excluding hydrogens is 815 g/mol. The fourth-order valence-corrected chi connectivity index (χ4v) is 12.9. The van der Waals surface area contributed by atoms with Crippen LogP contribution < -0.4 is 19.7 Å². The second kappa shape index (κ2) is 15.9. The molecule has 1 aliphatic carbocycles. The highest BCUT2D eigenvalue weighted by molar-refractivity contribution is 8.30. The molecule has 3 aromatic rings. The second-order valence-corrected chi connectivity index (χ2v) is 22.8. The van der Waals surface area contributed by atoms with E-state index in [4.69, 9.17) is 12.2 Å². The molecule has 0 radical (unpaired) electrons. The molecule has 2 fully saturated rings. The van der Waals surface area contributed by atoms with Gasteiger partial charge in [-0.25, -0.2) is 0 Å². The van der Waals surface area contributed by atoms with Crippen LogP contribution in [0.2, 0.25) is 0 Å². The van der Waals surface area contributed by atoms with Crippen molar-refractivity contribution in [1.29, 1.82) is 0 Å². The summed E-state index contributed by atoms with van der Waals surface area (Å²) in [6.07, 6.45) is 5.72. The standard InChI is InChI=1S/C43H51N3O8S4/c1-40(2,21-41(3,4)37(51)52)23-45-35(50)33(57-39(45)55)36-44(20-32(47)48)34(49)31(56-36)19-24-12-17-30-28(18-24)27-10-9-11-29(27)46(30)25-13-15-26(16-14-25)58-43(7,8)22-42(5,6)38(53)54/h12-19,27,29H,9-11,20-23H2,1-8H3,(H,47,48)(H,51,52)(H,53,54)/b31-19-,36-33+. The molecule has 1 aromatic heterocycles. The third kappa shape index (κ3) is 8.97. The van der Waals surface area contributed by atoms with Crippen molar-refractivity contribution < 1.29 is 34.5 Å². The lowest BCUT2D eigenvalue weighted by molar-refractivity contribution is -0.149. The van der Waals surface area contributed by atoms with Crippen molar-refractivity contribution in [1.82, 2.24) is 9.47 Å². The lowest BCUT2D eigenvalue weighted by atomic mass is 9.75. The summed E-state index contributed by atoms with van der Waals surface area (Å²) in [6, 6.07) is 14.9. The van der Waals surface area contributed by atoms with Gasteiger partial charge in [-0.3, -0.25) is 33.4 Å². The third-order valence-electron chi connectivity index (χ3n) is 11.1. The Morgan fingerprint density at radius 2 is 1.53 bits per heavy atom. The number of aromatic nitrogens is 1. The molecule has 2 aliphatic heterocycles. The van der Waals surface area contributed by atoms with Crippen LogP contribution in [0.1, 0.15) is 105 Å². The van der Waals surface area contributed by atoms with E-state index in [1.165, 1.54) is 10.5 Å². The number of hydrogen-bond acceptors (Lipinski definition) is 10. The summed E-state index contributed by atoms with van der Waals surface area (Å²) in [5, 5.41) is 29.2. The highest BCUT2D eigenvalue weighted by atomic mass is 32.2. The molecule has 2 unspecified atom stereocenters. The van der Waals surface area contributed by atoms with E-state index in [1.54, 1.807) is 45.5 Å². The summed E-state index contributed by atoms with van der Waals surface area (Å²) >= 11 is 9.38. The Bertz CT molecular complexity index is 2380. The highest BCUT2D eigenvalue weighted by Crippen LogP contribution is 2.53. The number of aliphatic carboxylic acids is 3. The Labute approximate surface area is 356 Å². The van der Waals surface area contributed by atoms with Gasteiger partial charge in [0.25, 0.3) is 11.5 Å². The number of carboxylic acids is 3. The van der Waals surface area contributed by atoms with E-state index in [0.29, 0.717) is 16.9 Å². The minimum absolute atomic E-state index is 0.161. The van der Waals surface area contributed by atoms with Crippen molar-refractivity contribution in [2.45, 2.75) is 116 Å². The number of thiocarbonyl (C=S) groups is 1. The zero-order chi connectivity index (χ0) is 42.7. The summed E-state index contributed by atoms with van der Waals surface area (Å²) in [5.74, 6) is -3.10. The first-order valence-electron chi connectivity index (χ1n) is 19.3. The smallest absolute Gasteiger partial charge is 0.323 e. The number of hydrogen-bond donors (Lipinski definition) is 3. The lowest BCUT2D eigenvalue weighted by Gasteiger charge is -2.34. The van der Waals surface area contributed by atoms with Gasteiger partial charge >= 0.3 is 17.9 Å². The molecule has 3 aliphatic rings. The van der Waals surface area contributed by atoms with Crippen LogP contribution in [-0.4, -0.2) is 70.3 Å². The molecule has 15 heteroatoms. The number of rotatable bonds is 14. The van der Waals surface area contributed by atoms with Crippen molar-refractivity contribution in [3.63, 3.8) is 0 Å². The van der Waals surface area contributed by atoms with Gasteiger partial charge < -0.3 is 20.2 Å². The Balaban J connectivity index is 1.31. The summed E-state index contributed by atoms with van der Waals surface area (Å²) < 4.78 is 1.62. The maximum absolute atomic E-state index is 13.9. The van der Waals surface area contributed by atoms with E-state index < -0.39 is 52.2 Å². The van der Waals surface area contributed by atoms with E-state index in [2.05, 4.69) is 55.1 Å². The normalized spacial score (nSPS) is 19.9. The maximum atomic E-state index is 13.9. The van der Waals surface area contributed by atoms with E-state index in [1.807, 2.05) is 19.9 Å². The topological polar surface area (TPSA) is 157 Å². The number of nitrogens with zero attached hydrogens (tertiary/aromatic N) is 3. The zero-order valence-corrected chi connectivity index (χ0v) is 37.3. The van der Waals surface area contributed by atoms with Crippen LogP contribution in [0.25, 0.3) is 11.0 Å². The summed E-state index contributed by atoms with van der Waals surface area (Å²) in [4.78, 5) is 68.5. The van der Waals surface area contributed by atoms with Gasteiger partial charge in [-0.2, -0.15) is 0 Å². The molecule has 1 saturated carbocycles. The Hall–Kier alpha value is -3.92. The molecule has 2 atom stereocenters. The van der Waals surface area contributed by atoms with Gasteiger partial charge in [0.15, 0.2) is 0 Å². The molecule has 58 heavy (non-hydrogen) atoms. The Kier molecular flexibility index (Phi) is 12.0. The molecule has 1 amide bonds. The molecule has 3 N–H and O–H groups in total. The Morgan fingerprint density at radius 3 is 2.16 bits per heavy atom. The van der Waals surface area contributed by atoms with E-state index in [0.717, 1.165) is 68.8 Å². The molecule has 0 bridgehead atoms. The first-order valence-corrected chi connectivity index (χ1v) is 22.2. The van der Waals surface area contributed by atoms with Gasteiger partial charge in [0.2, 0.25) is 0 Å². The SMILES string of the molecule is CC(C)(CN1C(=O)/C(=c2\s/c(=C\c3ccc4c(c3)C3CCCC3N4c3ccc(SC(C)(C)CC(C)(C)C(=O)O)cc3)c(=O)n2CC(=O)O)SC1=S)CC(C)(C)C(=O)O. The van der Waals surface area contributed by atoms with Crippen molar-refractivity contribution >= 4 is 97.6 Å². The van der Waals surface area contributed by atoms with Crippen molar-refractivity contribution in [2.75, 3.05) is 11.4 Å². The zero-order valence-electron chi connectivity index (χ0n) is 34.1. The minimum atomic E-state index is -1.22. The van der Waals surface area contributed by atoms with Crippen LogP contribution in [0.3, 0.4) is 0 Å². The fourth-order valence-electron chi connectivity index (χ4n) is 9.01. The predicted molar refractivity (Wildman–Crippen MR) is 236 cm³/mol. The van der Waals surface area contributed by atoms with Gasteiger partial charge in [0.05, 0.1) is 15.4 Å². The van der Waals surface area contributed by atoms with Crippen LogP contribution in [0, 0.1) is 16.2 Å². The molecule has 2 aromatic carbocycles. The number of carbonyl (C=O) groups is 4. The third-order valence-corrected chi connectivity index (χ3v) is 15.0. The van der Waals surface area contributed by atoms with E-state index in [-0.39, 0.29) is 37.6 Å². The molecule has 6 rings (SSSR count). The molecule has 310 valence electrons. The Morgan fingerprint density at radius 1 is 0.897 bits per heavy atom.